The van der Waals surface area contributed by atoms with Crippen LogP contribution in [0.3, 0.4) is 0 Å². The molecule has 1 amide bonds. The largest absolute Gasteiger partial charge is 0.469 e. The highest BCUT2D eigenvalue weighted by atomic mass is 31.2. The van der Waals surface area contributed by atoms with Gasteiger partial charge in [-0.2, -0.15) is 0 Å². The molecule has 0 saturated carbocycles. The van der Waals surface area contributed by atoms with Gasteiger partial charge in [0.15, 0.2) is 0 Å². The van der Waals surface area contributed by atoms with Gasteiger partial charge in [-0.15, -0.1) is 0 Å². The highest BCUT2D eigenvalue weighted by molar-refractivity contribution is 7.46. The van der Waals surface area contributed by atoms with Crippen LogP contribution in [-0.4, -0.2) is 39.6 Å². The molecule has 8 heteroatoms. The molecule has 0 bridgehead atoms. The summed E-state index contributed by atoms with van der Waals surface area (Å²) < 4.78 is 15.8. The second-order valence-corrected chi connectivity index (χ2v) is 12.7. The number of rotatable bonds is 30. The molecule has 0 saturated heterocycles. The van der Waals surface area contributed by atoms with Crippen molar-refractivity contribution in [2.75, 3.05) is 6.61 Å². The van der Waals surface area contributed by atoms with Crippen LogP contribution >= 0.6 is 7.82 Å². The van der Waals surface area contributed by atoms with Crippen molar-refractivity contribution in [2.45, 2.75) is 174 Å². The molecule has 0 unspecified atom stereocenters. The number of phosphoric ester groups is 1. The molecular weight excluding hydrogens is 537 g/mol. The van der Waals surface area contributed by atoms with E-state index in [0.29, 0.717) is 6.42 Å². The van der Waals surface area contributed by atoms with E-state index in [1.807, 2.05) is 6.08 Å². The first-order valence-electron chi connectivity index (χ1n) is 16.8. The van der Waals surface area contributed by atoms with Gasteiger partial charge < -0.3 is 20.2 Å². The highest BCUT2D eigenvalue weighted by Gasteiger charge is 2.24. The molecule has 0 aromatic rings. The van der Waals surface area contributed by atoms with Crippen LogP contribution in [0.15, 0.2) is 24.3 Å². The van der Waals surface area contributed by atoms with Crippen molar-refractivity contribution in [3.05, 3.63) is 24.3 Å². The minimum Gasteiger partial charge on any atom is -0.387 e. The average molecular weight is 602 g/mol. The van der Waals surface area contributed by atoms with Gasteiger partial charge in [-0.1, -0.05) is 134 Å². The number of carbonyl (C=O) groups is 1. The monoisotopic (exact) mass is 601 g/mol. The van der Waals surface area contributed by atoms with Crippen molar-refractivity contribution in [2.24, 2.45) is 0 Å². The molecule has 0 aliphatic carbocycles. The molecule has 0 rings (SSSR count). The van der Waals surface area contributed by atoms with Gasteiger partial charge in [-0.25, -0.2) is 4.57 Å². The molecular formula is C33H64NO6P. The lowest BCUT2D eigenvalue weighted by Gasteiger charge is -2.22. The molecule has 4 N–H and O–H groups in total. The molecule has 2 atom stereocenters. The summed E-state index contributed by atoms with van der Waals surface area (Å²) in [6.07, 6.45) is 33.4. The topological polar surface area (TPSA) is 116 Å². The Morgan fingerprint density at radius 2 is 1.10 bits per heavy atom. The summed E-state index contributed by atoms with van der Waals surface area (Å²) in [5.41, 5.74) is 0. The third-order valence-corrected chi connectivity index (χ3v) is 7.89. The quantitative estimate of drug-likeness (QED) is 0.0371. The molecule has 0 spiro atoms. The number of hydrogen-bond acceptors (Lipinski definition) is 4. The number of phosphoric acid groups is 1. The predicted molar refractivity (Wildman–Crippen MR) is 172 cm³/mol. The van der Waals surface area contributed by atoms with Crippen LogP contribution < -0.4 is 5.32 Å². The van der Waals surface area contributed by atoms with Crippen LogP contribution in [0.4, 0.5) is 0 Å². The molecule has 0 aromatic carbocycles. The Balaban J connectivity index is 4.10. The zero-order valence-electron chi connectivity index (χ0n) is 26.4. The fourth-order valence-electron chi connectivity index (χ4n) is 4.80. The maximum Gasteiger partial charge on any atom is 0.469 e. The van der Waals surface area contributed by atoms with Crippen molar-refractivity contribution >= 4 is 13.7 Å². The lowest BCUT2D eigenvalue weighted by molar-refractivity contribution is -0.123. The number of carbonyl (C=O) groups excluding carboxylic acids is 1. The second-order valence-electron chi connectivity index (χ2n) is 11.5. The van der Waals surface area contributed by atoms with Crippen molar-refractivity contribution < 1.29 is 28.8 Å². The van der Waals surface area contributed by atoms with E-state index in [-0.39, 0.29) is 5.91 Å². The number of unbranched alkanes of at least 4 members (excludes halogenated alkanes) is 19. The van der Waals surface area contributed by atoms with Crippen LogP contribution in [0.2, 0.25) is 0 Å². The molecule has 41 heavy (non-hydrogen) atoms. The fraction of sp³-hybridized carbons (Fsp3) is 0.848. The second kappa shape index (κ2) is 29.1. The molecule has 0 radical (unpaired) electrons. The van der Waals surface area contributed by atoms with Crippen LogP contribution in [0.1, 0.15) is 162 Å². The molecule has 242 valence electrons. The number of nitrogens with one attached hydrogen (secondary N) is 1. The summed E-state index contributed by atoms with van der Waals surface area (Å²) in [7, 11) is -4.70. The summed E-state index contributed by atoms with van der Waals surface area (Å²) in [6, 6.07) is -0.909. The maximum atomic E-state index is 12.5. The van der Waals surface area contributed by atoms with E-state index in [0.717, 1.165) is 51.4 Å². The Kier molecular flexibility index (Phi) is 28.4. The highest BCUT2D eigenvalue weighted by Crippen LogP contribution is 2.35. The van der Waals surface area contributed by atoms with Crippen molar-refractivity contribution in [1.82, 2.24) is 5.32 Å². The smallest absolute Gasteiger partial charge is 0.387 e. The minimum absolute atomic E-state index is 0.238. The van der Waals surface area contributed by atoms with Crippen LogP contribution in [0.25, 0.3) is 0 Å². The zero-order valence-corrected chi connectivity index (χ0v) is 27.3. The summed E-state index contributed by atoms with van der Waals surface area (Å²) in [6.45, 7) is 4.01. The van der Waals surface area contributed by atoms with Gasteiger partial charge in [-0.05, 0) is 44.9 Å². The third-order valence-electron chi connectivity index (χ3n) is 7.40. The van der Waals surface area contributed by atoms with E-state index in [9.17, 15) is 14.5 Å². The van der Waals surface area contributed by atoms with Crippen molar-refractivity contribution in [3.8, 4) is 0 Å². The molecule has 0 aromatic heterocycles. The van der Waals surface area contributed by atoms with Gasteiger partial charge in [0.2, 0.25) is 5.91 Å². The molecule has 0 aliphatic rings. The van der Waals surface area contributed by atoms with E-state index in [1.54, 1.807) is 6.08 Å². The number of amides is 1. The maximum absolute atomic E-state index is 12.5. The van der Waals surface area contributed by atoms with Gasteiger partial charge in [0, 0.05) is 6.42 Å². The Morgan fingerprint density at radius 3 is 1.56 bits per heavy atom. The zero-order chi connectivity index (χ0) is 30.4. The first kappa shape index (κ1) is 40.0. The fourth-order valence-corrected chi connectivity index (χ4v) is 5.16. The van der Waals surface area contributed by atoms with E-state index >= 15 is 0 Å². The summed E-state index contributed by atoms with van der Waals surface area (Å²) in [4.78, 5) is 30.6. The SMILES string of the molecule is CCCCCCCC/C=C\CCCCCCCC(=O)N[C@@H](COP(=O)(O)O)[C@H](O)/C=C/CCCCCCCCCC. The summed E-state index contributed by atoms with van der Waals surface area (Å²) in [5, 5.41) is 13.2. The lowest BCUT2D eigenvalue weighted by Crippen LogP contribution is -2.45. The summed E-state index contributed by atoms with van der Waals surface area (Å²) >= 11 is 0. The van der Waals surface area contributed by atoms with Gasteiger partial charge >= 0.3 is 7.82 Å². The molecule has 7 nitrogen and oxygen atoms in total. The Bertz CT molecular complexity index is 693. The molecule has 0 fully saturated rings. The van der Waals surface area contributed by atoms with Gasteiger partial charge in [-0.3, -0.25) is 9.32 Å². The third kappa shape index (κ3) is 30.3. The lowest BCUT2D eigenvalue weighted by atomic mass is 10.1. The summed E-state index contributed by atoms with van der Waals surface area (Å²) in [5.74, 6) is -0.238. The van der Waals surface area contributed by atoms with Crippen LogP contribution in [0.5, 0.6) is 0 Å². The Morgan fingerprint density at radius 1 is 0.683 bits per heavy atom. The first-order chi connectivity index (χ1) is 19.8. The van der Waals surface area contributed by atoms with Gasteiger partial charge in [0.1, 0.15) is 0 Å². The molecule has 0 aliphatic heterocycles. The van der Waals surface area contributed by atoms with E-state index in [4.69, 9.17) is 9.79 Å². The number of aliphatic hydroxyl groups excluding tert-OH is 1. The number of aliphatic hydroxyl groups is 1. The first-order valence-corrected chi connectivity index (χ1v) is 18.3. The van der Waals surface area contributed by atoms with Gasteiger partial charge in [0.05, 0.1) is 18.8 Å². The Hall–Kier alpha value is -0.980. The van der Waals surface area contributed by atoms with Crippen molar-refractivity contribution in [1.29, 1.82) is 0 Å². The van der Waals surface area contributed by atoms with Crippen LogP contribution in [0, 0.1) is 0 Å². The van der Waals surface area contributed by atoms with Gasteiger partial charge in [0.25, 0.3) is 0 Å². The Labute approximate surface area is 252 Å². The number of allylic oxidation sites excluding steroid dienone is 3. The molecule has 0 heterocycles. The van der Waals surface area contributed by atoms with E-state index in [1.165, 1.54) is 89.9 Å². The standard InChI is InChI=1S/C33H64NO6P/c1-3-5-7-9-11-13-15-16-17-18-19-21-23-25-27-29-33(36)34-31(30-40-41(37,38)39)32(35)28-26-24-22-20-14-12-10-8-6-4-2/h16-17,26,28,31-32,35H,3-15,18-25,27,29-30H2,1-2H3,(H,34,36)(H2,37,38,39)/b17-16-,28-26+/t31-,32+/m0/s1. The van der Waals surface area contributed by atoms with E-state index in [2.05, 4.69) is 35.8 Å². The van der Waals surface area contributed by atoms with E-state index < -0.39 is 26.6 Å². The van der Waals surface area contributed by atoms with Crippen molar-refractivity contribution in [3.63, 3.8) is 0 Å². The predicted octanol–water partition coefficient (Wildman–Crippen LogP) is 9.07. The van der Waals surface area contributed by atoms with Crippen LogP contribution in [-0.2, 0) is 13.9 Å². The minimum atomic E-state index is -4.70. The normalized spacial score (nSPS) is 13.8. The average Bonchev–Trinajstić information content (AvgIpc) is 2.93. The number of hydrogen-bond donors (Lipinski definition) is 4.